The molecule has 0 atom stereocenters. The van der Waals surface area contributed by atoms with Crippen molar-refractivity contribution < 1.29 is 22.7 Å². The first kappa shape index (κ1) is 20.7. The lowest BCUT2D eigenvalue weighted by Gasteiger charge is -2.13. The molecule has 1 heterocycles. The monoisotopic (exact) mass is 392 g/mol. The molecule has 1 aromatic carbocycles. The quantitative estimate of drug-likeness (QED) is 0.763. The van der Waals surface area contributed by atoms with Crippen LogP contribution in [-0.4, -0.2) is 31.5 Å². The number of nitrogens with zero attached hydrogens (tertiary/aromatic N) is 1. The summed E-state index contributed by atoms with van der Waals surface area (Å²) in [5, 5.41) is 2.58. The summed E-state index contributed by atoms with van der Waals surface area (Å²) in [6.07, 6.45) is 0. The number of nitrogens with one attached hydrogen (secondary N) is 1. The molecule has 0 unspecified atom stereocenters. The number of anilines is 1. The molecule has 8 heteroatoms. The van der Waals surface area contributed by atoms with Crippen LogP contribution in [0.4, 0.5) is 5.82 Å². The third kappa shape index (κ3) is 4.21. The number of aryl methyl sites for hydroxylation is 1. The Balaban J connectivity index is 2.69. The van der Waals surface area contributed by atoms with Crippen molar-refractivity contribution in [2.75, 3.05) is 11.9 Å². The smallest absolute Gasteiger partial charge is 0.326 e. The van der Waals surface area contributed by atoms with Crippen molar-refractivity contribution in [2.45, 2.75) is 51.0 Å². The minimum atomic E-state index is -3.90. The van der Waals surface area contributed by atoms with Gasteiger partial charge < -0.3 is 14.6 Å². The van der Waals surface area contributed by atoms with Gasteiger partial charge in [-0.1, -0.05) is 17.7 Å². The van der Waals surface area contributed by atoms with Crippen molar-refractivity contribution in [1.29, 1.82) is 0 Å². The summed E-state index contributed by atoms with van der Waals surface area (Å²) in [5.41, 5.74) is 1.98. The van der Waals surface area contributed by atoms with Crippen LogP contribution in [0.3, 0.4) is 0 Å². The topological polar surface area (TPSA) is 94.5 Å². The van der Waals surface area contributed by atoms with Crippen molar-refractivity contribution in [3.05, 3.63) is 41.1 Å². The molecule has 146 valence electrons. The van der Waals surface area contributed by atoms with Gasteiger partial charge in [0.2, 0.25) is 15.7 Å². The number of benzene rings is 1. The third-order valence-electron chi connectivity index (χ3n) is 4.26. The Morgan fingerprint density at radius 2 is 1.70 bits per heavy atom. The first-order valence-corrected chi connectivity index (χ1v) is 10.0. The fourth-order valence-corrected chi connectivity index (χ4v) is 4.52. The van der Waals surface area contributed by atoms with Gasteiger partial charge in [0.1, 0.15) is 17.3 Å². The van der Waals surface area contributed by atoms with Gasteiger partial charge in [-0.15, -0.1) is 0 Å². The number of hydrogen-bond acceptors (Lipinski definition) is 5. The predicted molar refractivity (Wildman–Crippen MR) is 101 cm³/mol. The summed E-state index contributed by atoms with van der Waals surface area (Å²) in [7, 11) is -3.90. The molecule has 0 aliphatic rings. The van der Waals surface area contributed by atoms with E-state index in [0.29, 0.717) is 11.3 Å². The molecule has 1 N–H and O–H groups in total. The number of ether oxygens (including phenoxy) is 1. The highest BCUT2D eigenvalue weighted by molar-refractivity contribution is 7.91. The number of sulfone groups is 1. The standard InChI is InChI=1S/C19H24N2O5S/c1-6-26-17(23)11-21-14(4)13(3)18(19(21)20-15(5)22)27(24,25)16-9-7-12(2)8-10-16/h7-10H,6,11H2,1-5H3,(H,20,22). The van der Waals surface area contributed by atoms with E-state index in [0.717, 1.165) is 5.56 Å². The van der Waals surface area contributed by atoms with Crippen LogP contribution in [-0.2, 0) is 30.7 Å². The Bertz CT molecular complexity index is 973. The maximum atomic E-state index is 13.3. The first-order valence-electron chi connectivity index (χ1n) is 8.54. The highest BCUT2D eigenvalue weighted by Gasteiger charge is 2.30. The molecule has 7 nitrogen and oxygen atoms in total. The van der Waals surface area contributed by atoms with Crippen LogP contribution >= 0.6 is 0 Å². The Morgan fingerprint density at radius 1 is 1.11 bits per heavy atom. The molecule has 0 aliphatic carbocycles. The second-order valence-corrected chi connectivity index (χ2v) is 8.16. The average Bonchev–Trinajstić information content (AvgIpc) is 2.80. The maximum absolute atomic E-state index is 13.3. The molecule has 27 heavy (non-hydrogen) atoms. The molecule has 0 saturated heterocycles. The lowest BCUT2D eigenvalue weighted by molar-refractivity contribution is -0.143. The van der Waals surface area contributed by atoms with Crippen molar-refractivity contribution in [3.63, 3.8) is 0 Å². The number of carbonyl (C=O) groups excluding carboxylic acids is 2. The second-order valence-electron chi connectivity index (χ2n) is 6.28. The van der Waals surface area contributed by atoms with Gasteiger partial charge in [-0.05, 0) is 45.4 Å². The zero-order chi connectivity index (χ0) is 20.4. The molecule has 2 aromatic rings. The van der Waals surface area contributed by atoms with Gasteiger partial charge in [-0.3, -0.25) is 9.59 Å². The lowest BCUT2D eigenvalue weighted by atomic mass is 10.2. The lowest BCUT2D eigenvalue weighted by Crippen LogP contribution is -2.19. The summed E-state index contributed by atoms with van der Waals surface area (Å²) in [6, 6.07) is 6.48. The number of hydrogen-bond donors (Lipinski definition) is 1. The van der Waals surface area contributed by atoms with E-state index in [9.17, 15) is 18.0 Å². The van der Waals surface area contributed by atoms with E-state index in [-0.39, 0.29) is 28.8 Å². The van der Waals surface area contributed by atoms with Crippen LogP contribution < -0.4 is 5.32 Å². The summed E-state index contributed by atoms with van der Waals surface area (Å²) < 4.78 is 33.0. The molecule has 0 spiro atoms. The Morgan fingerprint density at radius 3 is 2.22 bits per heavy atom. The highest BCUT2D eigenvalue weighted by atomic mass is 32.2. The predicted octanol–water partition coefficient (Wildman–Crippen LogP) is 2.77. The van der Waals surface area contributed by atoms with E-state index < -0.39 is 21.7 Å². The maximum Gasteiger partial charge on any atom is 0.326 e. The molecule has 0 radical (unpaired) electrons. The van der Waals surface area contributed by atoms with Crippen molar-refractivity contribution in [1.82, 2.24) is 4.57 Å². The van der Waals surface area contributed by atoms with Gasteiger partial charge >= 0.3 is 5.97 Å². The average molecular weight is 392 g/mol. The number of rotatable bonds is 6. The van der Waals surface area contributed by atoms with Gasteiger partial charge in [0.15, 0.2) is 0 Å². The summed E-state index contributed by atoms with van der Waals surface area (Å²) in [4.78, 5) is 23.8. The van der Waals surface area contributed by atoms with Crippen LogP contribution in [0, 0.1) is 20.8 Å². The minimum absolute atomic E-state index is 0.0108. The number of carbonyl (C=O) groups is 2. The van der Waals surface area contributed by atoms with Crippen molar-refractivity contribution in [2.24, 2.45) is 0 Å². The van der Waals surface area contributed by atoms with Crippen LogP contribution in [0.2, 0.25) is 0 Å². The minimum Gasteiger partial charge on any atom is -0.465 e. The Hall–Kier alpha value is -2.61. The van der Waals surface area contributed by atoms with Gasteiger partial charge in [0.05, 0.1) is 11.5 Å². The molecular weight excluding hydrogens is 368 g/mol. The van der Waals surface area contributed by atoms with Crippen LogP contribution in [0.5, 0.6) is 0 Å². The summed E-state index contributed by atoms with van der Waals surface area (Å²) >= 11 is 0. The summed E-state index contributed by atoms with van der Waals surface area (Å²) in [5.74, 6) is -0.870. The Labute approximate surface area is 159 Å². The van der Waals surface area contributed by atoms with Gasteiger partial charge in [0, 0.05) is 12.6 Å². The van der Waals surface area contributed by atoms with E-state index in [4.69, 9.17) is 4.74 Å². The first-order chi connectivity index (χ1) is 12.6. The molecule has 0 fully saturated rings. The Kier molecular flexibility index (Phi) is 6.10. The van der Waals surface area contributed by atoms with Crippen molar-refractivity contribution in [3.8, 4) is 0 Å². The van der Waals surface area contributed by atoms with Gasteiger partial charge in [-0.25, -0.2) is 8.42 Å². The zero-order valence-corrected chi connectivity index (χ0v) is 16.9. The normalized spacial score (nSPS) is 11.3. The van der Waals surface area contributed by atoms with E-state index in [1.54, 1.807) is 32.9 Å². The van der Waals surface area contributed by atoms with Crippen LogP contribution in [0.15, 0.2) is 34.1 Å². The highest BCUT2D eigenvalue weighted by Crippen LogP contribution is 2.35. The van der Waals surface area contributed by atoms with Crippen LogP contribution in [0.25, 0.3) is 0 Å². The second kappa shape index (κ2) is 7.96. The number of esters is 1. The molecule has 1 aromatic heterocycles. The van der Waals surface area contributed by atoms with E-state index in [1.807, 2.05) is 6.92 Å². The number of amides is 1. The zero-order valence-electron chi connectivity index (χ0n) is 16.1. The van der Waals surface area contributed by atoms with Gasteiger partial charge in [0.25, 0.3) is 0 Å². The summed E-state index contributed by atoms with van der Waals surface area (Å²) in [6.45, 7) is 8.21. The van der Waals surface area contributed by atoms with E-state index >= 15 is 0 Å². The molecule has 1 amide bonds. The molecule has 0 aliphatic heterocycles. The molecular formula is C19H24N2O5S. The molecule has 2 rings (SSSR count). The molecule has 0 saturated carbocycles. The van der Waals surface area contributed by atoms with Gasteiger partial charge in [-0.2, -0.15) is 0 Å². The number of aromatic nitrogens is 1. The largest absolute Gasteiger partial charge is 0.465 e. The SMILES string of the molecule is CCOC(=O)Cn1c(C)c(C)c(S(=O)(=O)c2ccc(C)cc2)c1NC(C)=O. The fourth-order valence-electron chi connectivity index (χ4n) is 2.82. The molecule has 0 bridgehead atoms. The van der Waals surface area contributed by atoms with Crippen molar-refractivity contribution >= 4 is 27.5 Å². The van der Waals surface area contributed by atoms with E-state index in [1.165, 1.54) is 23.6 Å². The third-order valence-corrected chi connectivity index (χ3v) is 6.19. The fraction of sp³-hybridized carbons (Fsp3) is 0.368. The van der Waals surface area contributed by atoms with E-state index in [2.05, 4.69) is 5.32 Å². The van der Waals surface area contributed by atoms with Crippen LogP contribution in [0.1, 0.15) is 30.7 Å².